The molecule has 0 N–H and O–H groups in total. The van der Waals surface area contributed by atoms with Crippen molar-refractivity contribution in [3.8, 4) is 0 Å². The van der Waals surface area contributed by atoms with Gasteiger partial charge in [0.2, 0.25) is 0 Å². The van der Waals surface area contributed by atoms with Crippen LogP contribution in [-0.2, 0) is 16.5 Å². The van der Waals surface area contributed by atoms with E-state index in [-0.39, 0.29) is 16.5 Å². The first kappa shape index (κ1) is 16.0. The smallest absolute Gasteiger partial charge is 0.273 e. The van der Waals surface area contributed by atoms with E-state index in [0.29, 0.717) is 0 Å². The molecule has 0 fully saturated rings. The number of rotatable bonds is 4. The Bertz CT molecular complexity index is 148. The molecule has 0 atom stereocenters. The monoisotopic (exact) mass is 234 g/mol. The summed E-state index contributed by atoms with van der Waals surface area (Å²) in [6, 6.07) is 0. The zero-order chi connectivity index (χ0) is 9.78. The Morgan fingerprint density at radius 2 is 2.21 bits per heavy atom. The van der Waals surface area contributed by atoms with Crippen LogP contribution in [-0.4, -0.2) is 0 Å². The van der Waals surface area contributed by atoms with Crippen LogP contribution in [0.25, 0.3) is 0 Å². The van der Waals surface area contributed by atoms with Crippen LogP contribution >= 0.6 is 0 Å². The third-order valence-electron chi connectivity index (χ3n) is 1.55. The Hall–Kier alpha value is -0.416. The van der Waals surface area contributed by atoms with E-state index in [0.717, 1.165) is 12.8 Å². The topological polar surface area (TPSA) is 0 Å². The van der Waals surface area contributed by atoms with Gasteiger partial charge in [-0.1, -0.05) is 20.3 Å². The molecular formula is C13H20Ni. The van der Waals surface area contributed by atoms with Gasteiger partial charge in [0.05, 0.1) is 0 Å². The molecule has 0 aromatic carbocycles. The fourth-order valence-electron chi connectivity index (χ4n) is 0.835. The van der Waals surface area contributed by atoms with Crippen molar-refractivity contribution in [3.05, 3.63) is 42.9 Å². The van der Waals surface area contributed by atoms with Gasteiger partial charge in [0.1, 0.15) is 0 Å². The van der Waals surface area contributed by atoms with Crippen molar-refractivity contribution in [3.63, 3.8) is 0 Å². The molecule has 0 saturated carbocycles. The van der Waals surface area contributed by atoms with Gasteiger partial charge in [0.15, 0.2) is 0 Å². The third-order valence-corrected chi connectivity index (χ3v) is 1.55. The summed E-state index contributed by atoms with van der Waals surface area (Å²) in [5.74, 6) is 0. The summed E-state index contributed by atoms with van der Waals surface area (Å²) in [5, 5.41) is 0. The van der Waals surface area contributed by atoms with Gasteiger partial charge in [0.25, 0.3) is 0 Å². The zero-order valence-electron chi connectivity index (χ0n) is 9.11. The first-order valence-corrected chi connectivity index (χ1v) is 5.11. The maximum absolute atomic E-state index is 2.99. The summed E-state index contributed by atoms with van der Waals surface area (Å²) in [4.78, 5) is 0. The molecule has 1 heteroatoms. The summed E-state index contributed by atoms with van der Waals surface area (Å²) < 4.78 is 0. The fraction of sp³-hybridized carbons (Fsp3) is 0.462. The minimum atomic E-state index is 0. The standard InChI is InChI=1S/C8H15.C5H5.Ni/c1-3-5-7-8-6-4-2;1-2-4-5-3-1;/h5,7-8H,3-4,6H2,1-2H3;1-3H,4H2;/q2*-1;+2/b8-7+;;. The van der Waals surface area contributed by atoms with Gasteiger partial charge in [-0.25, -0.2) is 30.7 Å². The second-order valence-electron chi connectivity index (χ2n) is 2.86. The summed E-state index contributed by atoms with van der Waals surface area (Å²) >= 11 is 0. The van der Waals surface area contributed by atoms with Crippen molar-refractivity contribution in [1.29, 1.82) is 0 Å². The van der Waals surface area contributed by atoms with Gasteiger partial charge in [-0.15, -0.1) is 19.3 Å². The van der Waals surface area contributed by atoms with E-state index in [1.807, 2.05) is 12.2 Å². The van der Waals surface area contributed by atoms with Crippen LogP contribution < -0.4 is 0 Å². The van der Waals surface area contributed by atoms with Crippen LogP contribution in [0.5, 0.6) is 0 Å². The van der Waals surface area contributed by atoms with Gasteiger partial charge in [-0.05, 0) is 0 Å². The second-order valence-corrected chi connectivity index (χ2v) is 2.86. The fourth-order valence-corrected chi connectivity index (χ4v) is 0.835. The largest absolute Gasteiger partial charge is 2.00 e. The van der Waals surface area contributed by atoms with Crippen molar-refractivity contribution in [2.75, 3.05) is 0 Å². The van der Waals surface area contributed by atoms with Crippen molar-refractivity contribution in [2.45, 2.75) is 39.5 Å². The van der Waals surface area contributed by atoms with Gasteiger partial charge in [0, 0.05) is 0 Å². The van der Waals surface area contributed by atoms with Crippen LogP contribution in [0.15, 0.2) is 30.4 Å². The third kappa shape index (κ3) is 14.1. The van der Waals surface area contributed by atoms with E-state index in [4.69, 9.17) is 0 Å². The summed E-state index contributed by atoms with van der Waals surface area (Å²) in [7, 11) is 0. The second kappa shape index (κ2) is 15.1. The van der Waals surface area contributed by atoms with Gasteiger partial charge >= 0.3 is 16.5 Å². The quantitative estimate of drug-likeness (QED) is 0.504. The van der Waals surface area contributed by atoms with Crippen molar-refractivity contribution in [2.24, 2.45) is 0 Å². The average Bonchev–Trinajstić information content (AvgIpc) is 2.70. The molecule has 0 heterocycles. The maximum atomic E-state index is 2.99. The first-order chi connectivity index (χ1) is 6.41. The van der Waals surface area contributed by atoms with Crippen LogP contribution in [0.4, 0.5) is 0 Å². The van der Waals surface area contributed by atoms with Crippen LogP contribution in [0, 0.1) is 12.5 Å². The molecule has 0 radical (unpaired) electrons. The van der Waals surface area contributed by atoms with Crippen molar-refractivity contribution >= 4 is 0 Å². The molecule has 0 unspecified atom stereocenters. The zero-order valence-corrected chi connectivity index (χ0v) is 10.1. The van der Waals surface area contributed by atoms with E-state index in [9.17, 15) is 0 Å². The van der Waals surface area contributed by atoms with E-state index < -0.39 is 0 Å². The molecule has 0 bridgehead atoms. The first-order valence-electron chi connectivity index (χ1n) is 5.11. The predicted octanol–water partition coefficient (Wildman–Crippen LogP) is 4.26. The Morgan fingerprint density at radius 1 is 1.43 bits per heavy atom. The molecule has 1 aliphatic carbocycles. The number of hydrogen-bond acceptors (Lipinski definition) is 0. The van der Waals surface area contributed by atoms with Gasteiger partial charge < -0.3 is 0 Å². The molecule has 0 amide bonds. The predicted molar refractivity (Wildman–Crippen MR) is 60.2 cm³/mol. The minimum Gasteiger partial charge on any atom is -0.273 e. The molecule has 0 saturated heterocycles. The number of allylic oxidation sites excluding steroid dienone is 6. The van der Waals surface area contributed by atoms with Crippen LogP contribution in [0.1, 0.15) is 39.5 Å². The number of hydrogen-bond donors (Lipinski definition) is 0. The molecule has 82 valence electrons. The van der Waals surface area contributed by atoms with E-state index >= 15 is 0 Å². The molecule has 14 heavy (non-hydrogen) atoms. The Kier molecular flexibility index (Phi) is 17.3. The SMILES string of the molecule is CC[CH-]/C=C/CCC.[C-]1=CC=CC1.[Ni+2]. The molecule has 0 aromatic rings. The molecule has 0 nitrogen and oxygen atoms in total. The summed E-state index contributed by atoms with van der Waals surface area (Å²) in [6.07, 6.45) is 20.2. The minimum absolute atomic E-state index is 0. The van der Waals surface area contributed by atoms with Crippen molar-refractivity contribution < 1.29 is 16.5 Å². The average molecular weight is 235 g/mol. The maximum Gasteiger partial charge on any atom is 2.00 e. The number of unbranched alkanes of at least 4 members (excludes halogenated alkanes) is 2. The van der Waals surface area contributed by atoms with Crippen LogP contribution in [0.2, 0.25) is 0 Å². The van der Waals surface area contributed by atoms with E-state index in [2.05, 4.69) is 44.6 Å². The normalized spacial score (nSPS) is 12.1. The Morgan fingerprint density at radius 3 is 2.57 bits per heavy atom. The van der Waals surface area contributed by atoms with Crippen molar-refractivity contribution in [1.82, 2.24) is 0 Å². The Labute approximate surface area is 99.1 Å². The Balaban J connectivity index is 0. The van der Waals surface area contributed by atoms with Gasteiger partial charge in [-0.2, -0.15) is 6.08 Å². The summed E-state index contributed by atoms with van der Waals surface area (Å²) in [6.45, 7) is 4.34. The molecular weight excluding hydrogens is 215 g/mol. The molecule has 1 aliphatic rings. The van der Waals surface area contributed by atoms with E-state index in [1.165, 1.54) is 12.8 Å². The summed E-state index contributed by atoms with van der Waals surface area (Å²) in [5.41, 5.74) is 0. The van der Waals surface area contributed by atoms with E-state index in [1.54, 1.807) is 0 Å². The van der Waals surface area contributed by atoms with Crippen LogP contribution in [0.3, 0.4) is 0 Å². The van der Waals surface area contributed by atoms with Gasteiger partial charge in [-0.3, -0.25) is 6.08 Å². The molecule has 0 spiro atoms. The molecule has 1 rings (SSSR count). The molecule has 0 aliphatic heterocycles. The molecule has 0 aromatic heterocycles.